The van der Waals surface area contributed by atoms with Gasteiger partial charge in [-0.1, -0.05) is 104 Å². The maximum atomic E-state index is 12.3. The second-order valence-corrected chi connectivity index (χ2v) is 8.64. The highest BCUT2D eigenvalue weighted by atomic mass is 16.5. The number of carbonyl (C=O) groups is 1. The van der Waals surface area contributed by atoms with Crippen molar-refractivity contribution in [3.8, 4) is 0 Å². The summed E-state index contributed by atoms with van der Waals surface area (Å²) in [4.78, 5) is 12.3. The Morgan fingerprint density at radius 2 is 1.19 bits per heavy atom. The number of ether oxygens (including phenoxy) is 1. The zero-order chi connectivity index (χ0) is 19.7. The first-order valence-electron chi connectivity index (χ1n) is 12.1. The maximum Gasteiger partial charge on any atom is 0.311 e. The Bertz CT molecular complexity index is 356. The van der Waals surface area contributed by atoms with E-state index in [1.807, 2.05) is 0 Å². The van der Waals surface area contributed by atoms with Crippen molar-refractivity contribution in [3.63, 3.8) is 0 Å². The van der Waals surface area contributed by atoms with E-state index < -0.39 is 6.10 Å². The molecule has 0 aliphatic carbocycles. The summed E-state index contributed by atoms with van der Waals surface area (Å²) < 4.78 is 5.64. The lowest BCUT2D eigenvalue weighted by Gasteiger charge is -2.32. The average Bonchev–Trinajstić information content (AvgIpc) is 2.65. The molecule has 3 atom stereocenters. The van der Waals surface area contributed by atoms with Gasteiger partial charge in [0.25, 0.3) is 0 Å². The van der Waals surface area contributed by atoms with Gasteiger partial charge in [-0.25, -0.2) is 0 Å². The zero-order valence-corrected chi connectivity index (χ0v) is 18.2. The largest absolute Gasteiger partial charge is 0.462 e. The summed E-state index contributed by atoms with van der Waals surface area (Å²) in [5, 5.41) is 10.4. The number of aliphatic hydroxyl groups excluding tert-OH is 1. The first-order valence-corrected chi connectivity index (χ1v) is 12.1. The van der Waals surface area contributed by atoms with Crippen molar-refractivity contribution in [2.24, 2.45) is 5.92 Å². The normalized spacial score (nSPS) is 22.8. The van der Waals surface area contributed by atoms with Gasteiger partial charge < -0.3 is 9.84 Å². The van der Waals surface area contributed by atoms with E-state index in [0.29, 0.717) is 6.42 Å². The third kappa shape index (κ3) is 11.8. The Morgan fingerprint density at radius 1 is 0.741 bits per heavy atom. The molecule has 0 saturated carbocycles. The minimum absolute atomic E-state index is 0.0575. The van der Waals surface area contributed by atoms with E-state index in [1.165, 1.54) is 83.5 Å². The van der Waals surface area contributed by atoms with E-state index in [9.17, 15) is 9.90 Å². The van der Waals surface area contributed by atoms with Crippen molar-refractivity contribution in [1.82, 2.24) is 0 Å². The van der Waals surface area contributed by atoms with Gasteiger partial charge in [0.1, 0.15) is 6.10 Å². The Morgan fingerprint density at radius 3 is 1.67 bits per heavy atom. The fourth-order valence-corrected chi connectivity index (χ4v) is 4.20. The monoisotopic (exact) mass is 382 g/mol. The van der Waals surface area contributed by atoms with Gasteiger partial charge in [-0.3, -0.25) is 4.79 Å². The maximum absolute atomic E-state index is 12.3. The molecular weight excluding hydrogens is 336 g/mol. The molecule has 1 aliphatic rings. The second-order valence-electron chi connectivity index (χ2n) is 8.64. The summed E-state index contributed by atoms with van der Waals surface area (Å²) in [6.07, 6.45) is 20.8. The molecule has 27 heavy (non-hydrogen) atoms. The van der Waals surface area contributed by atoms with Crippen LogP contribution in [0.1, 0.15) is 129 Å². The van der Waals surface area contributed by atoms with E-state index in [1.54, 1.807) is 0 Å². The zero-order valence-electron chi connectivity index (χ0n) is 18.2. The molecule has 0 unspecified atom stereocenters. The highest BCUT2D eigenvalue weighted by Gasteiger charge is 2.36. The number of cyclic esters (lactones) is 1. The number of unbranched alkanes of at least 4 members (excludes halogenated alkanes) is 13. The number of aliphatic hydroxyl groups is 1. The van der Waals surface area contributed by atoms with E-state index in [2.05, 4.69) is 13.8 Å². The number of rotatable bonds is 17. The fraction of sp³-hybridized carbons (Fsp3) is 0.958. The van der Waals surface area contributed by atoms with E-state index >= 15 is 0 Å². The van der Waals surface area contributed by atoms with Crippen LogP contribution in [0.5, 0.6) is 0 Å². The lowest BCUT2D eigenvalue weighted by atomic mass is 9.88. The molecule has 1 fully saturated rings. The van der Waals surface area contributed by atoms with Crippen LogP contribution in [0.25, 0.3) is 0 Å². The third-order valence-electron chi connectivity index (χ3n) is 6.05. The first-order chi connectivity index (χ1) is 13.2. The predicted octanol–water partition coefficient (Wildman–Crippen LogP) is 6.95. The van der Waals surface area contributed by atoms with Gasteiger partial charge in [0.2, 0.25) is 0 Å². The van der Waals surface area contributed by atoms with Crippen molar-refractivity contribution < 1.29 is 14.6 Å². The Kier molecular flexibility index (Phi) is 14.9. The smallest absolute Gasteiger partial charge is 0.311 e. The van der Waals surface area contributed by atoms with Crippen LogP contribution in [0, 0.1) is 5.92 Å². The van der Waals surface area contributed by atoms with Crippen LogP contribution in [-0.2, 0) is 9.53 Å². The molecule has 1 rings (SSSR count). The topological polar surface area (TPSA) is 46.5 Å². The van der Waals surface area contributed by atoms with Gasteiger partial charge >= 0.3 is 5.97 Å². The van der Waals surface area contributed by atoms with Crippen molar-refractivity contribution in [1.29, 1.82) is 0 Å². The Balaban J connectivity index is 2.05. The van der Waals surface area contributed by atoms with Gasteiger partial charge in [0.05, 0.1) is 12.0 Å². The van der Waals surface area contributed by atoms with Crippen LogP contribution in [-0.4, -0.2) is 23.3 Å². The molecule has 0 aromatic rings. The van der Waals surface area contributed by atoms with Crippen LogP contribution in [0.3, 0.4) is 0 Å². The molecule has 1 N–H and O–H groups in total. The van der Waals surface area contributed by atoms with Crippen molar-refractivity contribution >= 4 is 5.97 Å². The number of esters is 1. The Hall–Kier alpha value is -0.570. The van der Waals surface area contributed by atoms with Crippen LogP contribution in [0.2, 0.25) is 0 Å². The van der Waals surface area contributed by atoms with Crippen LogP contribution in [0.15, 0.2) is 0 Å². The highest BCUT2D eigenvalue weighted by molar-refractivity contribution is 5.74. The second kappa shape index (κ2) is 16.4. The first kappa shape index (κ1) is 24.5. The molecule has 1 saturated heterocycles. The van der Waals surface area contributed by atoms with Crippen LogP contribution >= 0.6 is 0 Å². The standard InChI is InChI=1S/C24H46O3/c1-3-5-7-9-11-12-13-14-16-18-21-20-23(25)22(24(26)27-21)19-17-15-10-8-6-4-2/h21-23,25H,3-20H2,1-2H3/t21-,22+,23+/m1/s1. The minimum atomic E-state index is -0.495. The molecule has 160 valence electrons. The highest BCUT2D eigenvalue weighted by Crippen LogP contribution is 2.28. The van der Waals surface area contributed by atoms with E-state index in [-0.39, 0.29) is 18.0 Å². The number of hydrogen-bond donors (Lipinski definition) is 1. The lowest BCUT2D eigenvalue weighted by molar-refractivity contribution is -0.170. The van der Waals surface area contributed by atoms with E-state index in [4.69, 9.17) is 4.74 Å². The summed E-state index contributed by atoms with van der Waals surface area (Å²) in [5.41, 5.74) is 0. The van der Waals surface area contributed by atoms with Gasteiger partial charge in [-0.05, 0) is 19.3 Å². The van der Waals surface area contributed by atoms with Crippen molar-refractivity contribution in [3.05, 3.63) is 0 Å². The fourth-order valence-electron chi connectivity index (χ4n) is 4.20. The molecule has 1 heterocycles. The molecule has 0 radical (unpaired) electrons. The van der Waals surface area contributed by atoms with Gasteiger partial charge in [-0.15, -0.1) is 0 Å². The van der Waals surface area contributed by atoms with Crippen molar-refractivity contribution in [2.75, 3.05) is 0 Å². The SMILES string of the molecule is CCCCCCCCCCC[C@@H]1C[C@H](O)[C@H](CCCCCCCC)C(=O)O1. The van der Waals surface area contributed by atoms with Crippen LogP contribution in [0.4, 0.5) is 0 Å². The molecule has 0 bridgehead atoms. The minimum Gasteiger partial charge on any atom is -0.462 e. The van der Waals surface area contributed by atoms with Gasteiger partial charge in [0, 0.05) is 6.42 Å². The molecule has 0 aromatic heterocycles. The molecule has 0 amide bonds. The third-order valence-corrected chi connectivity index (χ3v) is 6.05. The predicted molar refractivity (Wildman–Crippen MR) is 114 cm³/mol. The summed E-state index contributed by atoms with van der Waals surface area (Å²) in [6, 6.07) is 0. The van der Waals surface area contributed by atoms with Gasteiger partial charge in [0.15, 0.2) is 0 Å². The summed E-state index contributed by atoms with van der Waals surface area (Å²) in [6.45, 7) is 4.48. The number of hydrogen-bond acceptors (Lipinski definition) is 3. The van der Waals surface area contributed by atoms with Crippen molar-refractivity contribution in [2.45, 2.75) is 142 Å². The summed E-state index contributed by atoms with van der Waals surface area (Å²) in [7, 11) is 0. The average molecular weight is 383 g/mol. The quantitative estimate of drug-likeness (QED) is 0.219. The summed E-state index contributed by atoms with van der Waals surface area (Å²) >= 11 is 0. The molecule has 3 heteroatoms. The van der Waals surface area contributed by atoms with Gasteiger partial charge in [-0.2, -0.15) is 0 Å². The molecule has 1 aliphatic heterocycles. The van der Waals surface area contributed by atoms with Crippen LogP contribution < -0.4 is 0 Å². The molecule has 3 nitrogen and oxygen atoms in total. The molecule has 0 aromatic carbocycles. The molecular formula is C24H46O3. The number of carbonyl (C=O) groups excluding carboxylic acids is 1. The Labute approximate surface area is 168 Å². The summed E-state index contributed by atoms with van der Waals surface area (Å²) in [5.74, 6) is -0.432. The van der Waals surface area contributed by atoms with E-state index in [0.717, 1.165) is 25.7 Å². The lowest BCUT2D eigenvalue weighted by Crippen LogP contribution is -2.41. The molecule has 0 spiro atoms.